The molecule has 0 aliphatic carbocycles. The van der Waals surface area contributed by atoms with Gasteiger partial charge in [0.15, 0.2) is 0 Å². The highest BCUT2D eigenvalue weighted by Gasteiger charge is 2.09. The molecular weight excluding hydrogens is 258 g/mol. The van der Waals surface area contributed by atoms with E-state index in [2.05, 4.69) is 15.1 Å². The number of aromatic nitrogens is 1. The number of amidine groups is 1. The number of benzene rings is 1. The largest absolute Gasteiger partial charge is 0.378 e. The maximum atomic E-state index is 11.6. The number of hydrogen-bond acceptors (Lipinski definition) is 5. The van der Waals surface area contributed by atoms with Gasteiger partial charge in [-0.2, -0.15) is 0 Å². The lowest BCUT2D eigenvalue weighted by molar-refractivity contribution is 0.0515. The molecule has 2 N–H and O–H groups in total. The highest BCUT2D eigenvalue weighted by Crippen LogP contribution is 2.10. The predicted octanol–water partition coefficient (Wildman–Crippen LogP) is 1.81. The summed E-state index contributed by atoms with van der Waals surface area (Å²) in [5.41, 5.74) is 5.82. The first-order chi connectivity index (χ1) is 8.66. The number of rotatable bonds is 3. The standard InChI is InChI=1S/C11H8ClN3O3/c12-8-3-1-7(2-4-8)11(16)18-15-10(13)9-5-6-14-17-9/h1-6H,(H2,13,15). The van der Waals surface area contributed by atoms with E-state index in [1.54, 1.807) is 12.1 Å². The van der Waals surface area contributed by atoms with Gasteiger partial charge in [-0.3, -0.25) is 0 Å². The van der Waals surface area contributed by atoms with E-state index in [1.807, 2.05) is 0 Å². The normalized spacial score (nSPS) is 11.3. The van der Waals surface area contributed by atoms with E-state index in [0.717, 1.165) is 0 Å². The Morgan fingerprint density at radius 3 is 2.67 bits per heavy atom. The fourth-order valence-corrected chi connectivity index (χ4v) is 1.25. The molecule has 1 aromatic heterocycles. The number of oxime groups is 1. The van der Waals surface area contributed by atoms with Crippen LogP contribution in [0.15, 0.2) is 46.2 Å². The SMILES string of the molecule is NC(=NOC(=O)c1ccc(Cl)cc1)c1ccno1. The third kappa shape index (κ3) is 2.86. The molecule has 1 aromatic carbocycles. The van der Waals surface area contributed by atoms with Crippen LogP contribution in [0, 0.1) is 0 Å². The van der Waals surface area contributed by atoms with Gasteiger partial charge in [-0.05, 0) is 24.3 Å². The Bertz CT molecular complexity index is 564. The van der Waals surface area contributed by atoms with Crippen molar-refractivity contribution in [2.24, 2.45) is 10.9 Å². The van der Waals surface area contributed by atoms with Crippen molar-refractivity contribution in [3.8, 4) is 0 Å². The Morgan fingerprint density at radius 2 is 2.06 bits per heavy atom. The van der Waals surface area contributed by atoms with Gasteiger partial charge in [-0.15, -0.1) is 0 Å². The molecule has 0 bridgehead atoms. The summed E-state index contributed by atoms with van der Waals surface area (Å²) >= 11 is 5.69. The van der Waals surface area contributed by atoms with E-state index in [9.17, 15) is 4.79 Å². The quantitative estimate of drug-likeness (QED) is 0.395. The summed E-state index contributed by atoms with van der Waals surface area (Å²) in [5, 5.41) is 7.42. The van der Waals surface area contributed by atoms with Crippen LogP contribution in [0.5, 0.6) is 0 Å². The van der Waals surface area contributed by atoms with Crippen LogP contribution < -0.4 is 5.73 Å². The number of carbonyl (C=O) groups is 1. The van der Waals surface area contributed by atoms with Gasteiger partial charge in [0.1, 0.15) is 0 Å². The van der Waals surface area contributed by atoms with E-state index in [-0.39, 0.29) is 11.6 Å². The Labute approximate surface area is 107 Å². The van der Waals surface area contributed by atoms with Crippen molar-refractivity contribution in [2.45, 2.75) is 0 Å². The van der Waals surface area contributed by atoms with Crippen LogP contribution in [0.1, 0.15) is 16.1 Å². The summed E-state index contributed by atoms with van der Waals surface area (Å²) in [6.07, 6.45) is 1.40. The fraction of sp³-hybridized carbons (Fsp3) is 0. The van der Waals surface area contributed by atoms with Gasteiger partial charge in [0, 0.05) is 11.1 Å². The first-order valence-corrected chi connectivity index (χ1v) is 5.26. The van der Waals surface area contributed by atoms with Crippen LogP contribution in [-0.2, 0) is 4.84 Å². The maximum absolute atomic E-state index is 11.6. The van der Waals surface area contributed by atoms with Gasteiger partial charge >= 0.3 is 5.97 Å². The van der Waals surface area contributed by atoms with Crippen molar-refractivity contribution in [1.29, 1.82) is 0 Å². The lowest BCUT2D eigenvalue weighted by atomic mass is 10.2. The number of halogens is 1. The summed E-state index contributed by atoms with van der Waals surface area (Å²) < 4.78 is 4.73. The van der Waals surface area contributed by atoms with E-state index < -0.39 is 5.97 Å². The zero-order valence-corrected chi connectivity index (χ0v) is 9.79. The minimum atomic E-state index is -0.644. The molecule has 0 saturated heterocycles. The average molecular weight is 266 g/mol. The fourth-order valence-electron chi connectivity index (χ4n) is 1.12. The van der Waals surface area contributed by atoms with Crippen LogP contribution in [0.3, 0.4) is 0 Å². The summed E-state index contributed by atoms with van der Waals surface area (Å²) in [4.78, 5) is 16.2. The van der Waals surface area contributed by atoms with Gasteiger partial charge in [0.25, 0.3) is 0 Å². The topological polar surface area (TPSA) is 90.7 Å². The van der Waals surface area contributed by atoms with E-state index in [1.165, 1.54) is 24.4 Å². The zero-order chi connectivity index (χ0) is 13.0. The molecule has 0 atom stereocenters. The van der Waals surface area contributed by atoms with Crippen LogP contribution in [-0.4, -0.2) is 17.0 Å². The van der Waals surface area contributed by atoms with Gasteiger partial charge in [0.05, 0.1) is 11.8 Å². The minimum Gasteiger partial charge on any atom is -0.378 e. The molecule has 7 heteroatoms. The maximum Gasteiger partial charge on any atom is 0.365 e. The summed E-state index contributed by atoms with van der Waals surface area (Å²) in [7, 11) is 0. The average Bonchev–Trinajstić information content (AvgIpc) is 2.90. The molecule has 2 rings (SSSR count). The minimum absolute atomic E-state index is 0.0742. The van der Waals surface area contributed by atoms with E-state index in [4.69, 9.17) is 21.9 Å². The Kier molecular flexibility index (Phi) is 3.59. The molecule has 18 heavy (non-hydrogen) atoms. The molecule has 0 amide bonds. The van der Waals surface area contributed by atoms with Crippen molar-refractivity contribution in [3.63, 3.8) is 0 Å². The van der Waals surface area contributed by atoms with Gasteiger partial charge < -0.3 is 15.1 Å². The first-order valence-electron chi connectivity index (χ1n) is 4.88. The molecule has 0 aliphatic rings. The molecule has 6 nitrogen and oxygen atoms in total. The molecule has 0 radical (unpaired) electrons. The molecule has 92 valence electrons. The van der Waals surface area contributed by atoms with Crippen molar-refractivity contribution in [3.05, 3.63) is 52.9 Å². The van der Waals surface area contributed by atoms with Crippen molar-refractivity contribution < 1.29 is 14.2 Å². The summed E-state index contributed by atoms with van der Waals surface area (Å²) in [6.45, 7) is 0. The van der Waals surface area contributed by atoms with Gasteiger partial charge in [-0.1, -0.05) is 21.9 Å². The van der Waals surface area contributed by atoms with Gasteiger partial charge in [0.2, 0.25) is 11.6 Å². The van der Waals surface area contributed by atoms with Crippen LogP contribution in [0.2, 0.25) is 5.02 Å². The van der Waals surface area contributed by atoms with Crippen molar-refractivity contribution in [1.82, 2.24) is 5.16 Å². The van der Waals surface area contributed by atoms with Crippen molar-refractivity contribution >= 4 is 23.4 Å². The molecule has 2 aromatic rings. The molecule has 0 saturated carbocycles. The molecule has 0 unspecified atom stereocenters. The lowest BCUT2D eigenvalue weighted by Crippen LogP contribution is -2.14. The third-order valence-corrected chi connectivity index (χ3v) is 2.25. The molecule has 0 spiro atoms. The highest BCUT2D eigenvalue weighted by atomic mass is 35.5. The van der Waals surface area contributed by atoms with E-state index in [0.29, 0.717) is 10.6 Å². The number of nitrogens with two attached hydrogens (primary N) is 1. The molecule has 1 heterocycles. The second kappa shape index (κ2) is 5.33. The third-order valence-electron chi connectivity index (χ3n) is 2.00. The zero-order valence-electron chi connectivity index (χ0n) is 9.04. The number of hydrogen-bond donors (Lipinski definition) is 1. The van der Waals surface area contributed by atoms with E-state index >= 15 is 0 Å². The lowest BCUT2D eigenvalue weighted by Gasteiger charge is -1.98. The number of carbonyl (C=O) groups excluding carboxylic acids is 1. The number of nitrogens with zero attached hydrogens (tertiary/aromatic N) is 2. The van der Waals surface area contributed by atoms with Crippen LogP contribution in [0.25, 0.3) is 0 Å². The smallest absolute Gasteiger partial charge is 0.365 e. The monoisotopic (exact) mass is 265 g/mol. The highest BCUT2D eigenvalue weighted by molar-refractivity contribution is 6.30. The molecule has 0 aliphatic heterocycles. The summed E-state index contributed by atoms with van der Waals surface area (Å²) in [5.74, 6) is -0.497. The summed E-state index contributed by atoms with van der Waals surface area (Å²) in [6, 6.07) is 7.67. The molecule has 0 fully saturated rings. The second-order valence-electron chi connectivity index (χ2n) is 3.24. The predicted molar refractivity (Wildman–Crippen MR) is 64.1 cm³/mol. The first kappa shape index (κ1) is 12.1. The molecular formula is C11H8ClN3O3. The second-order valence-corrected chi connectivity index (χ2v) is 3.68. The van der Waals surface area contributed by atoms with Crippen LogP contribution in [0.4, 0.5) is 0 Å². The van der Waals surface area contributed by atoms with Crippen molar-refractivity contribution in [2.75, 3.05) is 0 Å². The Morgan fingerprint density at radius 1 is 1.33 bits per heavy atom. The Balaban J connectivity index is 2.04. The Hall–Kier alpha value is -2.34. The van der Waals surface area contributed by atoms with Gasteiger partial charge in [-0.25, -0.2) is 4.79 Å². The van der Waals surface area contributed by atoms with Crippen LogP contribution >= 0.6 is 11.6 Å².